The summed E-state index contributed by atoms with van der Waals surface area (Å²) in [5.41, 5.74) is -0.490. The number of nitrogens with one attached hydrogen (secondary N) is 2. The number of hydrogen-bond acceptors (Lipinski definition) is 4. The van der Waals surface area contributed by atoms with Crippen LogP contribution in [0.1, 0.15) is 12.8 Å². The predicted octanol–water partition coefficient (Wildman–Crippen LogP) is 0.322. The zero-order chi connectivity index (χ0) is 16.4. The van der Waals surface area contributed by atoms with Crippen LogP contribution in [0.2, 0.25) is 0 Å². The van der Waals surface area contributed by atoms with Gasteiger partial charge in [0.1, 0.15) is 6.54 Å². The molecule has 24 heavy (non-hydrogen) atoms. The third kappa shape index (κ3) is 3.52. The highest BCUT2D eigenvalue weighted by molar-refractivity contribution is 5.85. The summed E-state index contributed by atoms with van der Waals surface area (Å²) in [5, 5.41) is 3.61. The first-order valence-electron chi connectivity index (χ1n) is 7.77. The Labute approximate surface area is 145 Å². The van der Waals surface area contributed by atoms with Crippen molar-refractivity contribution >= 4 is 29.2 Å². The lowest BCUT2D eigenvalue weighted by atomic mass is 10.1. The molecule has 2 aromatic rings. The fourth-order valence-electron chi connectivity index (χ4n) is 3.00. The van der Waals surface area contributed by atoms with Crippen LogP contribution >= 0.6 is 12.4 Å². The van der Waals surface area contributed by atoms with E-state index in [1.807, 2.05) is 7.05 Å². The van der Waals surface area contributed by atoms with Gasteiger partial charge in [-0.15, -0.1) is 12.4 Å². The van der Waals surface area contributed by atoms with E-state index in [9.17, 15) is 14.4 Å². The molecule has 1 aliphatic rings. The van der Waals surface area contributed by atoms with E-state index < -0.39 is 11.2 Å². The van der Waals surface area contributed by atoms with Gasteiger partial charge in [0, 0.05) is 19.1 Å². The number of benzene rings is 1. The van der Waals surface area contributed by atoms with Gasteiger partial charge in [0.15, 0.2) is 0 Å². The average Bonchev–Trinajstić information content (AvgIpc) is 2.58. The molecule has 1 fully saturated rings. The molecule has 1 amide bonds. The molecule has 1 aromatic heterocycles. The molecule has 0 unspecified atom stereocenters. The highest BCUT2D eigenvalue weighted by Gasteiger charge is 2.22. The number of carbonyl (C=O) groups is 1. The van der Waals surface area contributed by atoms with E-state index in [0.29, 0.717) is 30.0 Å². The standard InChI is InChI=1S/C16H20N4O3.ClH/c1-17-11-6-8-19(9-7-11)14(21)10-20-15(22)12-4-2-3-5-13(12)18-16(20)23;/h2-5,11,17H,6-10H2,1H3,(H,18,23);1H. The summed E-state index contributed by atoms with van der Waals surface area (Å²) in [6, 6.07) is 7.22. The fraction of sp³-hybridized carbons (Fsp3) is 0.438. The molecule has 2 N–H and O–H groups in total. The predicted molar refractivity (Wildman–Crippen MR) is 94.7 cm³/mol. The molecular formula is C16H21ClN4O3. The Hall–Kier alpha value is -2.12. The minimum atomic E-state index is -0.549. The minimum Gasteiger partial charge on any atom is -0.341 e. The number of nitrogens with zero attached hydrogens (tertiary/aromatic N) is 2. The summed E-state index contributed by atoms with van der Waals surface area (Å²) in [6.07, 6.45) is 1.76. The lowest BCUT2D eigenvalue weighted by Crippen LogP contribution is -2.47. The van der Waals surface area contributed by atoms with Crippen LogP contribution in [-0.2, 0) is 11.3 Å². The van der Waals surface area contributed by atoms with E-state index in [4.69, 9.17) is 0 Å². The molecular weight excluding hydrogens is 332 g/mol. The van der Waals surface area contributed by atoms with Gasteiger partial charge in [0.25, 0.3) is 5.56 Å². The van der Waals surface area contributed by atoms with Gasteiger partial charge < -0.3 is 15.2 Å². The van der Waals surface area contributed by atoms with Gasteiger partial charge in [-0.1, -0.05) is 12.1 Å². The van der Waals surface area contributed by atoms with Crippen LogP contribution < -0.4 is 16.6 Å². The van der Waals surface area contributed by atoms with Gasteiger partial charge in [0.05, 0.1) is 10.9 Å². The summed E-state index contributed by atoms with van der Waals surface area (Å²) >= 11 is 0. The van der Waals surface area contributed by atoms with Crippen LogP contribution in [0.3, 0.4) is 0 Å². The summed E-state index contributed by atoms with van der Waals surface area (Å²) < 4.78 is 0.981. The average molecular weight is 353 g/mol. The van der Waals surface area contributed by atoms with Crippen LogP contribution in [0.4, 0.5) is 0 Å². The topological polar surface area (TPSA) is 87.2 Å². The number of H-pyrrole nitrogens is 1. The first kappa shape index (κ1) is 18.2. The normalized spacial score (nSPS) is 15.3. The monoisotopic (exact) mass is 352 g/mol. The number of piperidine rings is 1. The van der Waals surface area contributed by atoms with Gasteiger partial charge in [-0.25, -0.2) is 4.79 Å². The third-order valence-electron chi connectivity index (χ3n) is 4.44. The summed E-state index contributed by atoms with van der Waals surface area (Å²) in [6.45, 7) is 1.07. The fourth-order valence-corrected chi connectivity index (χ4v) is 3.00. The number of rotatable bonds is 3. The van der Waals surface area contributed by atoms with Crippen LogP contribution in [0.15, 0.2) is 33.9 Å². The van der Waals surface area contributed by atoms with Crippen molar-refractivity contribution in [3.63, 3.8) is 0 Å². The first-order chi connectivity index (χ1) is 11.1. The number of aromatic nitrogens is 2. The van der Waals surface area contributed by atoms with Crippen molar-refractivity contribution in [2.75, 3.05) is 20.1 Å². The van der Waals surface area contributed by atoms with E-state index in [-0.39, 0.29) is 24.9 Å². The van der Waals surface area contributed by atoms with Gasteiger partial charge in [-0.3, -0.25) is 14.2 Å². The van der Waals surface area contributed by atoms with E-state index in [1.54, 1.807) is 29.2 Å². The van der Waals surface area contributed by atoms with Crippen molar-refractivity contribution in [3.8, 4) is 0 Å². The van der Waals surface area contributed by atoms with Crippen LogP contribution in [0, 0.1) is 0 Å². The van der Waals surface area contributed by atoms with Crippen molar-refractivity contribution in [1.82, 2.24) is 19.8 Å². The summed E-state index contributed by atoms with van der Waals surface area (Å²) in [5.74, 6) is -0.192. The molecule has 3 rings (SSSR count). The molecule has 0 saturated carbocycles. The molecule has 2 heterocycles. The molecule has 0 aliphatic carbocycles. The highest BCUT2D eigenvalue weighted by atomic mass is 35.5. The second kappa shape index (κ2) is 7.63. The molecule has 0 radical (unpaired) electrons. The Balaban J connectivity index is 0.00000208. The zero-order valence-corrected chi connectivity index (χ0v) is 14.3. The molecule has 1 aliphatic heterocycles. The second-order valence-corrected chi connectivity index (χ2v) is 5.81. The van der Waals surface area contributed by atoms with Crippen molar-refractivity contribution in [1.29, 1.82) is 0 Å². The van der Waals surface area contributed by atoms with Gasteiger partial charge in [-0.05, 0) is 32.0 Å². The maximum atomic E-state index is 12.4. The van der Waals surface area contributed by atoms with E-state index in [0.717, 1.165) is 17.4 Å². The number of likely N-dealkylation sites (tertiary alicyclic amines) is 1. The van der Waals surface area contributed by atoms with Crippen molar-refractivity contribution < 1.29 is 4.79 Å². The molecule has 130 valence electrons. The molecule has 0 spiro atoms. The smallest absolute Gasteiger partial charge is 0.329 e. The SMILES string of the molecule is CNC1CCN(C(=O)Cn2c(=O)[nH]c3ccccc3c2=O)CC1.Cl. The third-order valence-corrected chi connectivity index (χ3v) is 4.44. The number of amides is 1. The Kier molecular flexibility index (Phi) is 5.80. The van der Waals surface area contributed by atoms with Crippen LogP contribution in [0.5, 0.6) is 0 Å². The maximum Gasteiger partial charge on any atom is 0.329 e. The van der Waals surface area contributed by atoms with Gasteiger partial charge in [-0.2, -0.15) is 0 Å². The van der Waals surface area contributed by atoms with E-state index >= 15 is 0 Å². The summed E-state index contributed by atoms with van der Waals surface area (Å²) in [7, 11) is 1.91. The summed E-state index contributed by atoms with van der Waals surface area (Å²) in [4.78, 5) is 41.3. The maximum absolute atomic E-state index is 12.4. The van der Waals surface area contributed by atoms with Crippen molar-refractivity contribution in [3.05, 3.63) is 45.1 Å². The quantitative estimate of drug-likeness (QED) is 0.833. The highest BCUT2D eigenvalue weighted by Crippen LogP contribution is 2.10. The Morgan fingerprint density at radius 2 is 1.92 bits per heavy atom. The Bertz CT molecular complexity index is 837. The molecule has 0 bridgehead atoms. The Morgan fingerprint density at radius 3 is 2.58 bits per heavy atom. The Morgan fingerprint density at radius 1 is 1.25 bits per heavy atom. The van der Waals surface area contributed by atoms with Crippen LogP contribution in [0.25, 0.3) is 10.9 Å². The van der Waals surface area contributed by atoms with Gasteiger partial charge in [0.2, 0.25) is 5.91 Å². The lowest BCUT2D eigenvalue weighted by molar-refractivity contribution is -0.133. The molecule has 8 heteroatoms. The first-order valence-corrected chi connectivity index (χ1v) is 7.77. The number of fused-ring (bicyclic) bond motifs is 1. The molecule has 1 aromatic carbocycles. The zero-order valence-electron chi connectivity index (χ0n) is 13.4. The molecule has 7 nitrogen and oxygen atoms in total. The van der Waals surface area contributed by atoms with Crippen molar-refractivity contribution in [2.45, 2.75) is 25.4 Å². The minimum absolute atomic E-state index is 0. The van der Waals surface area contributed by atoms with E-state index in [2.05, 4.69) is 10.3 Å². The number of carbonyl (C=O) groups excluding carboxylic acids is 1. The van der Waals surface area contributed by atoms with E-state index in [1.165, 1.54) is 0 Å². The number of aromatic amines is 1. The van der Waals surface area contributed by atoms with Crippen LogP contribution in [-0.4, -0.2) is 46.5 Å². The number of halogens is 1. The second-order valence-electron chi connectivity index (χ2n) is 5.81. The number of hydrogen-bond donors (Lipinski definition) is 2. The largest absolute Gasteiger partial charge is 0.341 e. The van der Waals surface area contributed by atoms with Gasteiger partial charge >= 0.3 is 5.69 Å². The number of para-hydroxylation sites is 1. The lowest BCUT2D eigenvalue weighted by Gasteiger charge is -2.31. The molecule has 1 saturated heterocycles. The van der Waals surface area contributed by atoms with Crippen molar-refractivity contribution in [2.24, 2.45) is 0 Å². The molecule has 0 atom stereocenters.